The molecule has 1 saturated carbocycles. The van der Waals surface area contributed by atoms with Gasteiger partial charge in [0.1, 0.15) is 11.5 Å². The van der Waals surface area contributed by atoms with Gasteiger partial charge in [0.15, 0.2) is 5.78 Å². The molecule has 3 aliphatic rings. The number of carbonyl (C=O) groups excluding carboxylic acids is 1. The number of hydrogen-bond donors (Lipinski definition) is 0. The van der Waals surface area contributed by atoms with Crippen molar-refractivity contribution in [3.63, 3.8) is 0 Å². The number of carbonyl (C=O) groups is 1. The number of hydrogen-bond acceptors (Lipinski definition) is 7. The minimum Gasteiger partial charge on any atom is -0.383 e. The lowest BCUT2D eigenvalue weighted by Crippen LogP contribution is -2.49. The summed E-state index contributed by atoms with van der Waals surface area (Å²) in [7, 11) is -1.70. The predicted molar refractivity (Wildman–Crippen MR) is 146 cm³/mol. The van der Waals surface area contributed by atoms with Crippen LogP contribution in [0.3, 0.4) is 0 Å². The fourth-order valence-electron chi connectivity index (χ4n) is 6.07. The number of sulfonamides is 1. The average Bonchev–Trinajstić information content (AvgIpc) is 3.64. The Morgan fingerprint density at radius 2 is 1.79 bits per heavy atom. The lowest BCUT2D eigenvalue weighted by Gasteiger charge is -2.40. The van der Waals surface area contributed by atoms with E-state index in [1.54, 1.807) is 11.4 Å². The zero-order valence-corrected chi connectivity index (χ0v) is 23.3. The van der Waals surface area contributed by atoms with Crippen LogP contribution in [0.4, 0.5) is 0 Å². The van der Waals surface area contributed by atoms with E-state index in [1.165, 1.54) is 0 Å². The predicted octanol–water partition coefficient (Wildman–Crippen LogP) is 4.14. The van der Waals surface area contributed by atoms with Gasteiger partial charge in [-0.15, -0.1) is 0 Å². The van der Waals surface area contributed by atoms with Crippen molar-refractivity contribution in [2.24, 2.45) is 11.8 Å². The molecule has 3 heterocycles. The number of ether oxygens (including phenoxy) is 1. The molecule has 5 rings (SSSR count). The monoisotopic (exact) mass is 543 g/mol. The summed E-state index contributed by atoms with van der Waals surface area (Å²) in [6.07, 6.45) is 6.43. The number of benzene rings is 1. The van der Waals surface area contributed by atoms with Crippen LogP contribution in [-0.4, -0.2) is 80.3 Å². The molecule has 8 nitrogen and oxygen atoms in total. The Bertz CT molecular complexity index is 1160. The van der Waals surface area contributed by atoms with Gasteiger partial charge in [-0.1, -0.05) is 35.5 Å². The van der Waals surface area contributed by atoms with Crippen molar-refractivity contribution in [2.45, 2.75) is 63.3 Å². The minimum atomic E-state index is -3.41. The van der Waals surface area contributed by atoms with E-state index in [4.69, 9.17) is 9.26 Å². The van der Waals surface area contributed by atoms with Crippen LogP contribution in [0.1, 0.15) is 72.7 Å². The van der Waals surface area contributed by atoms with Gasteiger partial charge < -0.3 is 14.2 Å². The third-order valence-corrected chi connectivity index (χ3v) is 10.6. The molecular weight excluding hydrogens is 502 g/mol. The SMILES string of the molecule is COCCN1CCC(CS(=O)(=O)N2CC[C@H](CC(=O)c3cc(C4CC4)on3)C[C@@H]2Cc2ccccc2)CC1. The molecule has 0 N–H and O–H groups in total. The molecule has 1 aliphatic carbocycles. The average molecular weight is 544 g/mol. The van der Waals surface area contributed by atoms with Gasteiger partial charge in [-0.05, 0) is 75.4 Å². The smallest absolute Gasteiger partial charge is 0.214 e. The van der Waals surface area contributed by atoms with Crippen LogP contribution in [0.15, 0.2) is 40.9 Å². The van der Waals surface area contributed by atoms with Crippen molar-refractivity contribution in [1.29, 1.82) is 0 Å². The van der Waals surface area contributed by atoms with Gasteiger partial charge in [0, 0.05) is 44.6 Å². The molecule has 2 aliphatic heterocycles. The Balaban J connectivity index is 1.23. The van der Waals surface area contributed by atoms with Crippen LogP contribution in [0, 0.1) is 11.8 Å². The summed E-state index contributed by atoms with van der Waals surface area (Å²) in [4.78, 5) is 15.4. The van der Waals surface area contributed by atoms with E-state index in [0.717, 1.165) is 56.6 Å². The van der Waals surface area contributed by atoms with Crippen molar-refractivity contribution in [2.75, 3.05) is 45.6 Å². The highest BCUT2D eigenvalue weighted by molar-refractivity contribution is 7.89. The first-order valence-electron chi connectivity index (χ1n) is 14.2. The summed E-state index contributed by atoms with van der Waals surface area (Å²) in [6.45, 7) is 3.92. The molecule has 208 valence electrons. The zero-order chi connectivity index (χ0) is 26.5. The number of aromatic nitrogens is 1. The van der Waals surface area contributed by atoms with Crippen LogP contribution in [-0.2, 0) is 21.2 Å². The second kappa shape index (κ2) is 12.4. The van der Waals surface area contributed by atoms with Crippen molar-refractivity contribution in [3.05, 3.63) is 53.4 Å². The Kier molecular flexibility index (Phi) is 8.98. The lowest BCUT2D eigenvalue weighted by atomic mass is 9.85. The summed E-state index contributed by atoms with van der Waals surface area (Å²) in [5.41, 5.74) is 1.54. The molecule has 9 heteroatoms. The van der Waals surface area contributed by atoms with Crippen LogP contribution in [0.2, 0.25) is 0 Å². The second-order valence-corrected chi connectivity index (χ2v) is 13.4. The number of likely N-dealkylation sites (tertiary alicyclic amines) is 1. The molecule has 0 unspecified atom stereocenters. The van der Waals surface area contributed by atoms with E-state index >= 15 is 0 Å². The summed E-state index contributed by atoms with van der Waals surface area (Å²) in [5, 5.41) is 4.03. The van der Waals surface area contributed by atoms with E-state index < -0.39 is 10.0 Å². The maximum Gasteiger partial charge on any atom is 0.214 e. The summed E-state index contributed by atoms with van der Waals surface area (Å²) in [6, 6.07) is 11.8. The number of methoxy groups -OCH3 is 1. The van der Waals surface area contributed by atoms with Crippen LogP contribution in [0.25, 0.3) is 0 Å². The zero-order valence-electron chi connectivity index (χ0n) is 22.5. The Morgan fingerprint density at radius 3 is 2.50 bits per heavy atom. The fourth-order valence-corrected chi connectivity index (χ4v) is 8.19. The number of piperidine rings is 2. The second-order valence-electron chi connectivity index (χ2n) is 11.4. The maximum atomic E-state index is 13.7. The van der Waals surface area contributed by atoms with E-state index in [0.29, 0.717) is 50.4 Å². The molecule has 0 bridgehead atoms. The number of Topliss-reactive ketones (excluding diaryl/α,β-unsaturated/α-hetero) is 1. The molecule has 0 amide bonds. The van der Waals surface area contributed by atoms with Gasteiger partial charge in [-0.25, -0.2) is 8.42 Å². The molecular formula is C29H41N3O5S. The minimum absolute atomic E-state index is 0.000603. The number of nitrogens with zero attached hydrogens (tertiary/aromatic N) is 3. The standard InChI is InChI=1S/C29H41N3O5S/c1-36-16-15-31-12-9-23(10-13-31)21-38(34,35)32-14-11-24(18-26(32)17-22-5-3-2-4-6-22)19-28(33)27-20-29(37-30-27)25-7-8-25/h2-6,20,23-26H,7-19,21H2,1H3/t24-,26-/m0/s1. The largest absolute Gasteiger partial charge is 0.383 e. The normalized spacial score (nSPS) is 24.0. The van der Waals surface area contributed by atoms with Gasteiger partial charge in [-0.2, -0.15) is 4.31 Å². The number of ketones is 1. The quantitative estimate of drug-likeness (QED) is 0.372. The van der Waals surface area contributed by atoms with Crippen LogP contribution in [0.5, 0.6) is 0 Å². The highest BCUT2D eigenvalue weighted by atomic mass is 32.2. The first kappa shape index (κ1) is 27.5. The highest BCUT2D eigenvalue weighted by Crippen LogP contribution is 2.40. The van der Waals surface area contributed by atoms with Gasteiger partial charge in [0.25, 0.3) is 0 Å². The van der Waals surface area contributed by atoms with Crippen molar-refractivity contribution in [1.82, 2.24) is 14.4 Å². The topological polar surface area (TPSA) is 93.0 Å². The van der Waals surface area contributed by atoms with Crippen LogP contribution < -0.4 is 0 Å². The molecule has 38 heavy (non-hydrogen) atoms. The summed E-state index contributed by atoms with van der Waals surface area (Å²) in [5.74, 6) is 1.77. The van der Waals surface area contributed by atoms with E-state index in [9.17, 15) is 13.2 Å². The fraction of sp³-hybridized carbons (Fsp3) is 0.655. The van der Waals surface area contributed by atoms with Crippen LogP contribution >= 0.6 is 0 Å². The van der Waals surface area contributed by atoms with Crippen molar-refractivity contribution in [3.8, 4) is 0 Å². The maximum absolute atomic E-state index is 13.7. The van der Waals surface area contributed by atoms with Gasteiger partial charge in [-0.3, -0.25) is 4.79 Å². The number of rotatable bonds is 12. The van der Waals surface area contributed by atoms with E-state index in [-0.39, 0.29) is 29.4 Å². The first-order chi connectivity index (χ1) is 18.4. The third kappa shape index (κ3) is 7.11. The molecule has 2 atom stereocenters. The van der Waals surface area contributed by atoms with Crippen molar-refractivity contribution >= 4 is 15.8 Å². The van der Waals surface area contributed by atoms with Gasteiger partial charge in [0.2, 0.25) is 10.0 Å². The Morgan fingerprint density at radius 1 is 1.05 bits per heavy atom. The molecule has 3 fully saturated rings. The Labute approximate surface area is 226 Å². The Hall–Kier alpha value is -2.07. The molecule has 0 spiro atoms. The molecule has 0 radical (unpaired) electrons. The van der Waals surface area contributed by atoms with E-state index in [2.05, 4.69) is 22.2 Å². The summed E-state index contributed by atoms with van der Waals surface area (Å²) < 4.78 is 39.8. The molecule has 2 aromatic rings. The van der Waals surface area contributed by atoms with Gasteiger partial charge in [0.05, 0.1) is 12.4 Å². The highest BCUT2D eigenvalue weighted by Gasteiger charge is 2.38. The van der Waals surface area contributed by atoms with E-state index in [1.807, 2.05) is 24.3 Å². The summed E-state index contributed by atoms with van der Waals surface area (Å²) >= 11 is 0. The molecule has 1 aromatic carbocycles. The molecule has 2 saturated heterocycles. The molecule has 1 aromatic heterocycles. The lowest BCUT2D eigenvalue weighted by molar-refractivity contribution is 0.0919. The van der Waals surface area contributed by atoms with Crippen molar-refractivity contribution < 1.29 is 22.5 Å². The third-order valence-electron chi connectivity index (χ3n) is 8.47. The first-order valence-corrected chi connectivity index (χ1v) is 15.8. The van der Waals surface area contributed by atoms with Gasteiger partial charge >= 0.3 is 0 Å².